The van der Waals surface area contributed by atoms with E-state index >= 15 is 0 Å². The Kier molecular flexibility index (Phi) is 6.29. The molecule has 0 aliphatic carbocycles. The SMILES string of the molecule is CC(C)CN(c1ccc(F)cc1)S(=O)(=O)c1ccc2c(cnn2CC2CCOCC2)c1. The Morgan fingerprint density at radius 2 is 1.87 bits per heavy atom. The summed E-state index contributed by atoms with van der Waals surface area (Å²) in [6, 6.07) is 10.7. The van der Waals surface area contributed by atoms with Crippen LogP contribution in [0.5, 0.6) is 0 Å². The van der Waals surface area contributed by atoms with Crippen LogP contribution in [-0.4, -0.2) is 38.0 Å². The van der Waals surface area contributed by atoms with Crippen LogP contribution in [0.4, 0.5) is 10.1 Å². The van der Waals surface area contributed by atoms with Crippen LogP contribution in [0.3, 0.4) is 0 Å². The van der Waals surface area contributed by atoms with Gasteiger partial charge >= 0.3 is 0 Å². The minimum atomic E-state index is -3.81. The summed E-state index contributed by atoms with van der Waals surface area (Å²) >= 11 is 0. The number of hydrogen-bond acceptors (Lipinski definition) is 4. The third kappa shape index (κ3) is 4.75. The average molecular weight is 446 g/mol. The fraction of sp³-hybridized carbons (Fsp3) is 0.435. The lowest BCUT2D eigenvalue weighted by Crippen LogP contribution is -2.34. The van der Waals surface area contributed by atoms with Gasteiger partial charge in [0.25, 0.3) is 10.0 Å². The lowest BCUT2D eigenvalue weighted by atomic mass is 10.0. The topological polar surface area (TPSA) is 64.4 Å². The van der Waals surface area contributed by atoms with Crippen molar-refractivity contribution < 1.29 is 17.5 Å². The van der Waals surface area contributed by atoms with E-state index in [1.165, 1.54) is 28.6 Å². The van der Waals surface area contributed by atoms with Gasteiger partial charge < -0.3 is 4.74 Å². The smallest absolute Gasteiger partial charge is 0.264 e. The third-order valence-electron chi connectivity index (χ3n) is 5.62. The summed E-state index contributed by atoms with van der Waals surface area (Å²) in [5.74, 6) is 0.218. The molecule has 1 aliphatic heterocycles. The molecular weight excluding hydrogens is 417 g/mol. The molecule has 1 aliphatic rings. The summed E-state index contributed by atoms with van der Waals surface area (Å²) in [4.78, 5) is 0.204. The van der Waals surface area contributed by atoms with E-state index in [0.29, 0.717) is 18.2 Å². The van der Waals surface area contributed by atoms with Crippen molar-refractivity contribution in [2.24, 2.45) is 11.8 Å². The number of fused-ring (bicyclic) bond motifs is 1. The Bertz CT molecular complexity index is 1140. The third-order valence-corrected chi connectivity index (χ3v) is 7.41. The number of halogens is 1. The molecule has 0 spiro atoms. The van der Waals surface area contributed by atoms with Gasteiger partial charge in [-0.05, 0) is 67.1 Å². The van der Waals surface area contributed by atoms with E-state index in [1.807, 2.05) is 24.6 Å². The molecule has 0 atom stereocenters. The number of anilines is 1. The first kappa shape index (κ1) is 21.8. The predicted molar refractivity (Wildman–Crippen MR) is 119 cm³/mol. The van der Waals surface area contributed by atoms with E-state index in [4.69, 9.17) is 4.74 Å². The Morgan fingerprint density at radius 1 is 1.16 bits per heavy atom. The van der Waals surface area contributed by atoms with Crippen molar-refractivity contribution >= 4 is 26.6 Å². The highest BCUT2D eigenvalue weighted by Gasteiger charge is 2.26. The van der Waals surface area contributed by atoms with Gasteiger partial charge in [-0.3, -0.25) is 8.99 Å². The Labute approximate surface area is 182 Å². The number of benzene rings is 2. The van der Waals surface area contributed by atoms with Crippen molar-refractivity contribution in [1.29, 1.82) is 0 Å². The van der Waals surface area contributed by atoms with E-state index < -0.39 is 15.8 Å². The molecule has 1 aromatic heterocycles. The Hall–Kier alpha value is -2.45. The molecule has 2 heterocycles. The zero-order valence-corrected chi connectivity index (χ0v) is 18.7. The van der Waals surface area contributed by atoms with Crippen molar-refractivity contribution in [2.75, 3.05) is 24.1 Å². The van der Waals surface area contributed by atoms with Crippen LogP contribution in [-0.2, 0) is 21.3 Å². The van der Waals surface area contributed by atoms with Gasteiger partial charge in [-0.1, -0.05) is 13.8 Å². The predicted octanol–water partition coefficient (Wildman–Crippen LogP) is 4.45. The molecular formula is C23H28FN3O3S. The molecule has 0 unspecified atom stereocenters. The van der Waals surface area contributed by atoms with Crippen LogP contribution < -0.4 is 4.31 Å². The van der Waals surface area contributed by atoms with Gasteiger partial charge in [0.1, 0.15) is 5.82 Å². The lowest BCUT2D eigenvalue weighted by molar-refractivity contribution is 0.0605. The number of nitrogens with zero attached hydrogens (tertiary/aromatic N) is 3. The van der Waals surface area contributed by atoms with Crippen LogP contribution in [0.25, 0.3) is 10.9 Å². The van der Waals surface area contributed by atoms with Crippen molar-refractivity contribution in [3.05, 3.63) is 54.5 Å². The number of hydrogen-bond donors (Lipinski definition) is 0. The number of sulfonamides is 1. The fourth-order valence-corrected chi connectivity index (χ4v) is 5.62. The minimum absolute atomic E-state index is 0.103. The summed E-state index contributed by atoms with van der Waals surface area (Å²) in [6.07, 6.45) is 3.74. The molecule has 1 saturated heterocycles. The summed E-state index contributed by atoms with van der Waals surface area (Å²) in [5, 5.41) is 5.29. The molecule has 0 bridgehead atoms. The van der Waals surface area contributed by atoms with Crippen LogP contribution in [0.1, 0.15) is 26.7 Å². The highest BCUT2D eigenvalue weighted by molar-refractivity contribution is 7.92. The molecule has 0 saturated carbocycles. The van der Waals surface area contributed by atoms with E-state index in [1.54, 1.807) is 18.3 Å². The standard InChI is InChI=1S/C23H28FN3O3S/c1-17(2)15-27(21-5-3-20(24)4-6-21)31(28,29)22-7-8-23-19(13-22)14-25-26(23)16-18-9-11-30-12-10-18/h3-8,13-14,17-18H,9-12,15-16H2,1-2H3. The van der Waals surface area contributed by atoms with Crippen LogP contribution >= 0.6 is 0 Å². The van der Waals surface area contributed by atoms with E-state index in [-0.39, 0.29) is 10.8 Å². The van der Waals surface area contributed by atoms with Crippen molar-refractivity contribution in [3.8, 4) is 0 Å². The van der Waals surface area contributed by atoms with Gasteiger partial charge in [0.05, 0.1) is 22.3 Å². The molecule has 2 aromatic carbocycles. The summed E-state index contributed by atoms with van der Waals surface area (Å²) in [6.45, 7) is 6.57. The van der Waals surface area contributed by atoms with E-state index in [0.717, 1.165) is 43.5 Å². The van der Waals surface area contributed by atoms with Crippen molar-refractivity contribution in [1.82, 2.24) is 9.78 Å². The van der Waals surface area contributed by atoms with Gasteiger partial charge in [0.2, 0.25) is 0 Å². The maximum absolute atomic E-state index is 13.5. The molecule has 0 radical (unpaired) electrons. The monoisotopic (exact) mass is 445 g/mol. The highest BCUT2D eigenvalue weighted by atomic mass is 32.2. The van der Waals surface area contributed by atoms with Crippen LogP contribution in [0.15, 0.2) is 53.6 Å². The van der Waals surface area contributed by atoms with Crippen LogP contribution in [0, 0.1) is 17.7 Å². The molecule has 6 nitrogen and oxygen atoms in total. The molecule has 4 rings (SSSR count). The first-order chi connectivity index (χ1) is 14.8. The minimum Gasteiger partial charge on any atom is -0.381 e. The van der Waals surface area contributed by atoms with Gasteiger partial charge in [0.15, 0.2) is 0 Å². The van der Waals surface area contributed by atoms with Gasteiger partial charge in [-0.25, -0.2) is 12.8 Å². The zero-order chi connectivity index (χ0) is 22.0. The average Bonchev–Trinajstić information content (AvgIpc) is 3.15. The van der Waals surface area contributed by atoms with Gasteiger partial charge in [0, 0.05) is 31.7 Å². The largest absolute Gasteiger partial charge is 0.381 e. The van der Waals surface area contributed by atoms with E-state index in [2.05, 4.69) is 5.10 Å². The first-order valence-electron chi connectivity index (χ1n) is 10.7. The molecule has 31 heavy (non-hydrogen) atoms. The quantitative estimate of drug-likeness (QED) is 0.539. The molecule has 3 aromatic rings. The van der Waals surface area contributed by atoms with Crippen molar-refractivity contribution in [3.63, 3.8) is 0 Å². The number of ether oxygens (including phenoxy) is 1. The number of aromatic nitrogens is 2. The summed E-state index contributed by atoms with van der Waals surface area (Å²) in [7, 11) is -3.81. The molecule has 166 valence electrons. The Morgan fingerprint density at radius 3 is 2.55 bits per heavy atom. The molecule has 1 fully saturated rings. The second kappa shape index (κ2) is 8.96. The highest BCUT2D eigenvalue weighted by Crippen LogP contribution is 2.28. The summed E-state index contributed by atoms with van der Waals surface area (Å²) < 4.78 is 49.2. The molecule has 8 heteroatoms. The van der Waals surface area contributed by atoms with E-state index in [9.17, 15) is 12.8 Å². The molecule has 0 amide bonds. The maximum Gasteiger partial charge on any atom is 0.264 e. The first-order valence-corrected chi connectivity index (χ1v) is 12.1. The van der Waals surface area contributed by atoms with Crippen LogP contribution in [0.2, 0.25) is 0 Å². The fourth-order valence-electron chi connectivity index (χ4n) is 3.95. The second-order valence-corrected chi connectivity index (χ2v) is 10.4. The lowest BCUT2D eigenvalue weighted by Gasteiger charge is -2.26. The maximum atomic E-state index is 13.5. The zero-order valence-electron chi connectivity index (χ0n) is 17.9. The number of rotatable bonds is 7. The normalized spacial score (nSPS) is 15.6. The Balaban J connectivity index is 1.65. The van der Waals surface area contributed by atoms with Gasteiger partial charge in [-0.2, -0.15) is 5.10 Å². The second-order valence-electron chi connectivity index (χ2n) is 8.51. The van der Waals surface area contributed by atoms with Crippen molar-refractivity contribution in [2.45, 2.75) is 38.1 Å². The van der Waals surface area contributed by atoms with Gasteiger partial charge in [-0.15, -0.1) is 0 Å². The molecule has 0 N–H and O–H groups in total. The summed E-state index contributed by atoms with van der Waals surface area (Å²) in [5.41, 5.74) is 1.37.